The van der Waals surface area contributed by atoms with Crippen LogP contribution in [0.1, 0.15) is 66.2 Å². The summed E-state index contributed by atoms with van der Waals surface area (Å²) in [6.07, 6.45) is 4.68. The Labute approximate surface area is 122 Å². The fraction of sp³-hybridized carbons (Fsp3) is 0.938. The van der Waals surface area contributed by atoms with E-state index in [0.29, 0.717) is 18.9 Å². The van der Waals surface area contributed by atoms with E-state index in [1.54, 1.807) is 0 Å². The summed E-state index contributed by atoms with van der Waals surface area (Å²) in [5.74, 6) is 0.0938. The van der Waals surface area contributed by atoms with Crippen molar-refractivity contribution < 1.29 is 19.4 Å². The van der Waals surface area contributed by atoms with Crippen molar-refractivity contribution in [2.45, 2.75) is 84.0 Å². The number of rotatable bonds is 6. The van der Waals surface area contributed by atoms with Gasteiger partial charge in [-0.25, -0.2) is 4.79 Å². The molecule has 0 radical (unpaired) electrons. The SMILES string of the molecule is CCCC(OC[C@@H]1CCC[C@H](O)C1)C(=O)OC(C)(C)C. The molecule has 20 heavy (non-hydrogen) atoms. The molecule has 1 saturated carbocycles. The predicted molar refractivity (Wildman–Crippen MR) is 78.5 cm³/mol. The van der Waals surface area contributed by atoms with Crippen LogP contribution in [-0.2, 0) is 14.3 Å². The number of aliphatic hydroxyl groups is 1. The summed E-state index contributed by atoms with van der Waals surface area (Å²) in [5.41, 5.74) is -0.479. The zero-order valence-electron chi connectivity index (χ0n) is 13.4. The summed E-state index contributed by atoms with van der Waals surface area (Å²) in [6, 6.07) is 0. The van der Waals surface area contributed by atoms with E-state index in [9.17, 15) is 9.90 Å². The van der Waals surface area contributed by atoms with Gasteiger partial charge in [0.15, 0.2) is 6.10 Å². The van der Waals surface area contributed by atoms with Gasteiger partial charge in [-0.2, -0.15) is 0 Å². The van der Waals surface area contributed by atoms with Crippen molar-refractivity contribution in [2.24, 2.45) is 5.92 Å². The molecular weight excluding hydrogens is 256 g/mol. The smallest absolute Gasteiger partial charge is 0.335 e. The number of carbonyl (C=O) groups is 1. The van der Waals surface area contributed by atoms with Gasteiger partial charge in [-0.3, -0.25) is 0 Å². The number of ether oxygens (including phenoxy) is 2. The molecule has 0 aromatic rings. The topological polar surface area (TPSA) is 55.8 Å². The summed E-state index contributed by atoms with van der Waals surface area (Å²) in [7, 11) is 0. The van der Waals surface area contributed by atoms with E-state index in [-0.39, 0.29) is 12.1 Å². The van der Waals surface area contributed by atoms with E-state index in [1.807, 2.05) is 27.7 Å². The Kier molecular flexibility index (Phi) is 6.96. The second-order valence-electron chi connectivity index (χ2n) is 6.83. The van der Waals surface area contributed by atoms with E-state index in [0.717, 1.165) is 32.1 Å². The summed E-state index contributed by atoms with van der Waals surface area (Å²) in [6.45, 7) is 8.17. The molecule has 0 aliphatic heterocycles. The van der Waals surface area contributed by atoms with Gasteiger partial charge in [0.1, 0.15) is 5.60 Å². The molecular formula is C16H30O4. The number of carbonyl (C=O) groups excluding carboxylic acids is 1. The van der Waals surface area contributed by atoms with E-state index in [2.05, 4.69) is 0 Å². The van der Waals surface area contributed by atoms with Crippen molar-refractivity contribution in [3.8, 4) is 0 Å². The lowest BCUT2D eigenvalue weighted by atomic mass is 9.88. The highest BCUT2D eigenvalue weighted by Gasteiger charge is 2.27. The normalized spacial score (nSPS) is 25.2. The molecule has 0 bridgehead atoms. The van der Waals surface area contributed by atoms with E-state index in [4.69, 9.17) is 9.47 Å². The third-order valence-electron chi connectivity index (χ3n) is 3.51. The maximum atomic E-state index is 12.1. The van der Waals surface area contributed by atoms with Crippen LogP contribution in [0.2, 0.25) is 0 Å². The van der Waals surface area contributed by atoms with Crippen LogP contribution in [0.15, 0.2) is 0 Å². The lowest BCUT2D eigenvalue weighted by Gasteiger charge is -2.28. The molecule has 0 aromatic heterocycles. The van der Waals surface area contributed by atoms with Gasteiger partial charge in [0.25, 0.3) is 0 Å². The standard InChI is InChI=1S/C16H30O4/c1-5-7-14(15(18)20-16(2,3)4)19-11-12-8-6-9-13(17)10-12/h12-14,17H,5-11H2,1-4H3/t12-,13+,14?/m1/s1. The van der Waals surface area contributed by atoms with Gasteiger partial charge >= 0.3 is 5.97 Å². The molecule has 1 N–H and O–H groups in total. The Morgan fingerprint density at radius 3 is 2.60 bits per heavy atom. The maximum absolute atomic E-state index is 12.1. The second kappa shape index (κ2) is 7.99. The third-order valence-corrected chi connectivity index (χ3v) is 3.51. The first-order valence-electron chi connectivity index (χ1n) is 7.84. The summed E-state index contributed by atoms with van der Waals surface area (Å²) in [4.78, 5) is 12.1. The lowest BCUT2D eigenvalue weighted by Crippen LogP contribution is -2.35. The summed E-state index contributed by atoms with van der Waals surface area (Å²) >= 11 is 0. The molecule has 0 saturated heterocycles. The minimum absolute atomic E-state index is 0.205. The Hall–Kier alpha value is -0.610. The molecule has 4 heteroatoms. The molecule has 1 fully saturated rings. The number of esters is 1. The maximum Gasteiger partial charge on any atom is 0.335 e. The zero-order chi connectivity index (χ0) is 15.2. The van der Waals surface area contributed by atoms with Gasteiger partial charge in [0.2, 0.25) is 0 Å². The minimum Gasteiger partial charge on any atom is -0.458 e. The van der Waals surface area contributed by atoms with Gasteiger partial charge in [-0.1, -0.05) is 19.8 Å². The highest BCUT2D eigenvalue weighted by molar-refractivity contribution is 5.75. The van der Waals surface area contributed by atoms with E-state index in [1.165, 1.54) is 0 Å². The van der Waals surface area contributed by atoms with Gasteiger partial charge < -0.3 is 14.6 Å². The average Bonchev–Trinajstić information content (AvgIpc) is 2.32. The van der Waals surface area contributed by atoms with Crippen LogP contribution in [0, 0.1) is 5.92 Å². The highest BCUT2D eigenvalue weighted by atomic mass is 16.6. The van der Waals surface area contributed by atoms with Crippen molar-refractivity contribution in [2.75, 3.05) is 6.61 Å². The largest absolute Gasteiger partial charge is 0.458 e. The predicted octanol–water partition coefficient (Wildman–Crippen LogP) is 3.06. The fourth-order valence-electron chi connectivity index (χ4n) is 2.57. The molecule has 0 heterocycles. The highest BCUT2D eigenvalue weighted by Crippen LogP contribution is 2.25. The second-order valence-corrected chi connectivity index (χ2v) is 6.83. The quantitative estimate of drug-likeness (QED) is 0.762. The van der Waals surface area contributed by atoms with Crippen molar-refractivity contribution in [3.63, 3.8) is 0 Å². The Balaban J connectivity index is 2.43. The lowest BCUT2D eigenvalue weighted by molar-refractivity contribution is -0.170. The number of aliphatic hydroxyl groups excluding tert-OH is 1. The van der Waals surface area contributed by atoms with Crippen molar-refractivity contribution in [1.29, 1.82) is 0 Å². The Morgan fingerprint density at radius 2 is 2.05 bits per heavy atom. The number of hydrogen-bond donors (Lipinski definition) is 1. The van der Waals surface area contributed by atoms with Gasteiger partial charge in [0.05, 0.1) is 12.7 Å². The van der Waals surface area contributed by atoms with Crippen LogP contribution in [-0.4, -0.2) is 35.5 Å². The molecule has 1 aliphatic carbocycles. The third kappa shape index (κ3) is 6.71. The molecule has 1 aliphatic rings. The van der Waals surface area contributed by atoms with Crippen LogP contribution in [0.4, 0.5) is 0 Å². The molecule has 0 amide bonds. The fourth-order valence-corrected chi connectivity index (χ4v) is 2.57. The van der Waals surface area contributed by atoms with Crippen LogP contribution in [0.25, 0.3) is 0 Å². The van der Waals surface area contributed by atoms with Crippen LogP contribution in [0.5, 0.6) is 0 Å². The first-order valence-corrected chi connectivity index (χ1v) is 7.84. The number of hydrogen-bond acceptors (Lipinski definition) is 4. The first kappa shape index (κ1) is 17.4. The molecule has 118 valence electrons. The monoisotopic (exact) mass is 286 g/mol. The van der Waals surface area contributed by atoms with Crippen LogP contribution < -0.4 is 0 Å². The minimum atomic E-state index is -0.479. The van der Waals surface area contributed by atoms with Gasteiger partial charge in [0, 0.05) is 0 Å². The van der Waals surface area contributed by atoms with Crippen molar-refractivity contribution in [3.05, 3.63) is 0 Å². The average molecular weight is 286 g/mol. The molecule has 1 rings (SSSR count). The molecule has 4 nitrogen and oxygen atoms in total. The van der Waals surface area contributed by atoms with Crippen molar-refractivity contribution in [1.82, 2.24) is 0 Å². The Morgan fingerprint density at radius 1 is 1.35 bits per heavy atom. The van der Waals surface area contributed by atoms with E-state index < -0.39 is 11.7 Å². The molecule has 0 spiro atoms. The zero-order valence-corrected chi connectivity index (χ0v) is 13.4. The van der Waals surface area contributed by atoms with E-state index >= 15 is 0 Å². The summed E-state index contributed by atoms with van der Waals surface area (Å²) in [5, 5.41) is 9.66. The molecule has 0 aromatic carbocycles. The Bertz CT molecular complexity index is 295. The molecule has 3 atom stereocenters. The van der Waals surface area contributed by atoms with Gasteiger partial charge in [-0.05, 0) is 52.4 Å². The van der Waals surface area contributed by atoms with Crippen LogP contribution >= 0.6 is 0 Å². The first-order chi connectivity index (χ1) is 9.31. The van der Waals surface area contributed by atoms with Gasteiger partial charge in [-0.15, -0.1) is 0 Å². The molecule has 1 unspecified atom stereocenters. The van der Waals surface area contributed by atoms with Crippen LogP contribution in [0.3, 0.4) is 0 Å². The van der Waals surface area contributed by atoms with Crippen molar-refractivity contribution >= 4 is 5.97 Å². The summed E-state index contributed by atoms with van der Waals surface area (Å²) < 4.78 is 11.2.